The smallest absolute Gasteiger partial charge is 0.410 e. The van der Waals surface area contributed by atoms with Crippen LogP contribution in [0.3, 0.4) is 0 Å². The van der Waals surface area contributed by atoms with Gasteiger partial charge in [0.15, 0.2) is 0 Å². The number of carboxylic acids is 1. The molecule has 1 amide bonds. The monoisotopic (exact) mass is 366 g/mol. The molecule has 0 spiro atoms. The number of rotatable bonds is 3. The molecule has 1 saturated heterocycles. The van der Waals surface area contributed by atoms with Gasteiger partial charge in [0.1, 0.15) is 12.6 Å². The van der Waals surface area contributed by atoms with Gasteiger partial charge in [-0.1, -0.05) is 48.5 Å². The van der Waals surface area contributed by atoms with E-state index in [2.05, 4.69) is 12.1 Å². The summed E-state index contributed by atoms with van der Waals surface area (Å²) < 4.78 is 5.58. The summed E-state index contributed by atoms with van der Waals surface area (Å²) in [6.07, 6.45) is 0.240. The van der Waals surface area contributed by atoms with E-state index < -0.39 is 18.1 Å². The molecule has 4 rings (SSSR count). The number of carbonyl (C=O) groups excluding carboxylic acids is 1. The Morgan fingerprint density at radius 1 is 1.07 bits per heavy atom. The fraction of sp³-hybridized carbons (Fsp3) is 0.333. The van der Waals surface area contributed by atoms with Crippen molar-refractivity contribution in [2.24, 2.45) is 5.73 Å². The van der Waals surface area contributed by atoms with Crippen LogP contribution in [0, 0.1) is 0 Å². The Balaban J connectivity index is 1.52. The molecule has 6 nitrogen and oxygen atoms in total. The number of carboxylic acid groups (broad SMARTS) is 1. The number of likely N-dealkylation sites (tertiary alicyclic amines) is 1. The summed E-state index contributed by atoms with van der Waals surface area (Å²) in [7, 11) is 0. The summed E-state index contributed by atoms with van der Waals surface area (Å²) in [4.78, 5) is 25.4. The SMILES string of the molecule is NC1CCN(C(=O)OCC2c3ccccc3-c3ccccc32)C(C(=O)O)C1. The van der Waals surface area contributed by atoms with Gasteiger partial charge in [0.25, 0.3) is 0 Å². The third kappa shape index (κ3) is 3.17. The highest BCUT2D eigenvalue weighted by Crippen LogP contribution is 2.44. The van der Waals surface area contributed by atoms with Crippen molar-refractivity contribution in [3.05, 3.63) is 59.7 Å². The van der Waals surface area contributed by atoms with Crippen LogP contribution in [0.5, 0.6) is 0 Å². The van der Waals surface area contributed by atoms with E-state index in [1.54, 1.807) is 0 Å². The van der Waals surface area contributed by atoms with E-state index in [0.29, 0.717) is 13.0 Å². The molecule has 3 N–H and O–H groups in total. The van der Waals surface area contributed by atoms with Gasteiger partial charge < -0.3 is 15.6 Å². The van der Waals surface area contributed by atoms with Crippen LogP contribution in [-0.2, 0) is 9.53 Å². The van der Waals surface area contributed by atoms with Gasteiger partial charge in [-0.05, 0) is 35.1 Å². The predicted octanol–water partition coefficient (Wildman–Crippen LogP) is 2.81. The van der Waals surface area contributed by atoms with Gasteiger partial charge in [-0.15, -0.1) is 0 Å². The molecular formula is C21H22N2O4. The number of amides is 1. The van der Waals surface area contributed by atoms with Gasteiger partial charge in [-0.25, -0.2) is 9.59 Å². The summed E-state index contributed by atoms with van der Waals surface area (Å²) in [6.45, 7) is 0.483. The first-order valence-corrected chi connectivity index (χ1v) is 9.16. The van der Waals surface area contributed by atoms with E-state index in [9.17, 15) is 14.7 Å². The molecule has 2 atom stereocenters. The molecule has 140 valence electrons. The van der Waals surface area contributed by atoms with Crippen molar-refractivity contribution < 1.29 is 19.4 Å². The number of piperidine rings is 1. The summed E-state index contributed by atoms with van der Waals surface area (Å²) in [5.74, 6) is -1.09. The average molecular weight is 366 g/mol. The van der Waals surface area contributed by atoms with Gasteiger partial charge in [0.05, 0.1) is 0 Å². The number of carbonyl (C=O) groups is 2. The highest BCUT2D eigenvalue weighted by atomic mass is 16.6. The zero-order valence-corrected chi connectivity index (χ0v) is 14.9. The number of ether oxygens (including phenoxy) is 1. The van der Waals surface area contributed by atoms with Crippen LogP contribution in [0.2, 0.25) is 0 Å². The Bertz CT molecular complexity index is 836. The molecule has 1 heterocycles. The standard InChI is InChI=1S/C21H22N2O4/c22-13-9-10-23(19(11-13)20(24)25)21(26)27-12-18-16-7-3-1-5-14(16)15-6-2-4-8-17(15)18/h1-8,13,18-19H,9-12,22H2,(H,24,25). The number of benzene rings is 2. The number of fused-ring (bicyclic) bond motifs is 3. The van der Waals surface area contributed by atoms with Crippen LogP contribution in [0.15, 0.2) is 48.5 Å². The minimum absolute atomic E-state index is 0.0447. The Labute approximate surface area is 157 Å². The molecule has 6 heteroatoms. The molecule has 2 aromatic carbocycles. The first-order valence-electron chi connectivity index (χ1n) is 9.16. The third-order valence-electron chi connectivity index (χ3n) is 5.50. The summed E-state index contributed by atoms with van der Waals surface area (Å²) >= 11 is 0. The van der Waals surface area contributed by atoms with E-state index in [4.69, 9.17) is 10.5 Å². The highest BCUT2D eigenvalue weighted by molar-refractivity contribution is 5.81. The molecule has 27 heavy (non-hydrogen) atoms. The minimum Gasteiger partial charge on any atom is -0.480 e. The molecule has 0 bridgehead atoms. The maximum absolute atomic E-state index is 12.6. The molecule has 2 aromatic rings. The summed E-state index contributed by atoms with van der Waals surface area (Å²) in [5.41, 5.74) is 10.4. The third-order valence-corrected chi connectivity index (χ3v) is 5.50. The van der Waals surface area contributed by atoms with Crippen molar-refractivity contribution in [3.8, 4) is 11.1 Å². The van der Waals surface area contributed by atoms with Crippen LogP contribution in [0.1, 0.15) is 29.9 Å². The zero-order valence-electron chi connectivity index (χ0n) is 14.9. The number of nitrogens with zero attached hydrogens (tertiary/aromatic N) is 1. The topological polar surface area (TPSA) is 92.9 Å². The average Bonchev–Trinajstić information content (AvgIpc) is 3.00. The molecule has 1 aliphatic carbocycles. The van der Waals surface area contributed by atoms with E-state index in [1.165, 1.54) is 4.90 Å². The van der Waals surface area contributed by atoms with Crippen LogP contribution in [0.25, 0.3) is 11.1 Å². The first kappa shape index (κ1) is 17.5. The second-order valence-corrected chi connectivity index (χ2v) is 7.14. The molecular weight excluding hydrogens is 344 g/mol. The zero-order chi connectivity index (χ0) is 19.0. The largest absolute Gasteiger partial charge is 0.480 e. The van der Waals surface area contributed by atoms with E-state index in [-0.39, 0.29) is 25.0 Å². The normalized spacial score (nSPS) is 21.4. The lowest BCUT2D eigenvalue weighted by Gasteiger charge is -2.35. The van der Waals surface area contributed by atoms with Gasteiger partial charge in [-0.3, -0.25) is 4.90 Å². The fourth-order valence-corrected chi connectivity index (χ4v) is 4.12. The second kappa shape index (κ2) is 7.04. The van der Waals surface area contributed by atoms with Crippen molar-refractivity contribution in [3.63, 3.8) is 0 Å². The first-order chi connectivity index (χ1) is 13.1. The van der Waals surface area contributed by atoms with Crippen LogP contribution in [-0.4, -0.2) is 47.3 Å². The van der Waals surface area contributed by atoms with Crippen molar-refractivity contribution in [2.45, 2.75) is 30.8 Å². The van der Waals surface area contributed by atoms with Crippen molar-refractivity contribution in [1.29, 1.82) is 0 Å². The highest BCUT2D eigenvalue weighted by Gasteiger charge is 2.37. The van der Waals surface area contributed by atoms with E-state index in [0.717, 1.165) is 22.3 Å². The maximum Gasteiger partial charge on any atom is 0.410 e. The van der Waals surface area contributed by atoms with Gasteiger partial charge >= 0.3 is 12.1 Å². The van der Waals surface area contributed by atoms with Crippen LogP contribution < -0.4 is 5.73 Å². The lowest BCUT2D eigenvalue weighted by atomic mass is 9.98. The summed E-state index contributed by atoms with van der Waals surface area (Å²) in [5, 5.41) is 9.41. The Morgan fingerprint density at radius 2 is 1.67 bits per heavy atom. The van der Waals surface area contributed by atoms with Crippen molar-refractivity contribution >= 4 is 12.1 Å². The summed E-state index contributed by atoms with van der Waals surface area (Å²) in [6, 6.07) is 15.1. The molecule has 0 radical (unpaired) electrons. The minimum atomic E-state index is -1.04. The lowest BCUT2D eigenvalue weighted by Crippen LogP contribution is -2.53. The quantitative estimate of drug-likeness (QED) is 0.871. The van der Waals surface area contributed by atoms with E-state index in [1.807, 2.05) is 36.4 Å². The van der Waals surface area contributed by atoms with Crippen LogP contribution in [0.4, 0.5) is 4.79 Å². The number of hydrogen-bond donors (Lipinski definition) is 2. The number of hydrogen-bond acceptors (Lipinski definition) is 4. The van der Waals surface area contributed by atoms with Gasteiger partial charge in [0, 0.05) is 18.5 Å². The molecule has 2 unspecified atom stereocenters. The Kier molecular flexibility index (Phi) is 4.58. The number of nitrogens with two attached hydrogens (primary N) is 1. The number of aliphatic carboxylic acids is 1. The van der Waals surface area contributed by atoms with Gasteiger partial charge in [0.2, 0.25) is 0 Å². The molecule has 1 aliphatic heterocycles. The van der Waals surface area contributed by atoms with Crippen LogP contribution >= 0.6 is 0 Å². The van der Waals surface area contributed by atoms with Crippen molar-refractivity contribution in [1.82, 2.24) is 4.90 Å². The van der Waals surface area contributed by atoms with E-state index >= 15 is 0 Å². The maximum atomic E-state index is 12.6. The molecule has 0 saturated carbocycles. The molecule has 0 aromatic heterocycles. The lowest BCUT2D eigenvalue weighted by molar-refractivity contribution is -0.144. The fourth-order valence-electron chi connectivity index (χ4n) is 4.12. The second-order valence-electron chi connectivity index (χ2n) is 7.14. The predicted molar refractivity (Wildman–Crippen MR) is 100 cm³/mol. The van der Waals surface area contributed by atoms with Crippen molar-refractivity contribution in [2.75, 3.05) is 13.2 Å². The Morgan fingerprint density at radius 3 is 2.26 bits per heavy atom. The molecule has 1 fully saturated rings. The Hall–Kier alpha value is -2.86. The molecule has 2 aliphatic rings. The van der Waals surface area contributed by atoms with Gasteiger partial charge in [-0.2, -0.15) is 0 Å².